The lowest BCUT2D eigenvalue weighted by Gasteiger charge is -2.33. The molecule has 0 aromatic rings. The molecule has 2 N–H and O–H groups in total. The molecule has 0 aliphatic heterocycles. The standard InChI is InChI=1S/C18H37N/c1-3-5-7-9-11-16(10-8-6-4-2)17-12-14-18(19)15-13-17/h16-18H,3-15,19H2,1-2H3. The van der Waals surface area contributed by atoms with Crippen molar-refractivity contribution in [2.45, 2.75) is 103 Å². The second-order valence-electron chi connectivity index (χ2n) is 6.78. The number of unbranched alkanes of at least 4 members (excludes halogenated alkanes) is 5. The Labute approximate surface area is 121 Å². The van der Waals surface area contributed by atoms with E-state index in [4.69, 9.17) is 5.73 Å². The Balaban J connectivity index is 2.30. The zero-order chi connectivity index (χ0) is 13.9. The summed E-state index contributed by atoms with van der Waals surface area (Å²) in [7, 11) is 0. The number of nitrogens with two attached hydrogens (primary N) is 1. The molecular weight excluding hydrogens is 230 g/mol. The van der Waals surface area contributed by atoms with Crippen molar-refractivity contribution >= 4 is 0 Å². The summed E-state index contributed by atoms with van der Waals surface area (Å²) < 4.78 is 0. The Bertz CT molecular complexity index is 194. The fourth-order valence-corrected chi connectivity index (χ4v) is 3.72. The van der Waals surface area contributed by atoms with Crippen LogP contribution in [0.15, 0.2) is 0 Å². The van der Waals surface area contributed by atoms with Gasteiger partial charge >= 0.3 is 0 Å². The maximum absolute atomic E-state index is 6.06. The molecule has 1 rings (SSSR count). The molecule has 1 nitrogen and oxygen atoms in total. The van der Waals surface area contributed by atoms with Gasteiger partial charge in [0.2, 0.25) is 0 Å². The van der Waals surface area contributed by atoms with E-state index in [9.17, 15) is 0 Å². The molecule has 1 fully saturated rings. The van der Waals surface area contributed by atoms with Gasteiger partial charge in [-0.15, -0.1) is 0 Å². The Morgan fingerprint density at radius 2 is 1.32 bits per heavy atom. The van der Waals surface area contributed by atoms with Crippen molar-refractivity contribution in [3.8, 4) is 0 Å². The van der Waals surface area contributed by atoms with Gasteiger partial charge in [-0.05, 0) is 37.5 Å². The maximum Gasteiger partial charge on any atom is 0.00390 e. The molecule has 1 saturated carbocycles. The first-order chi connectivity index (χ1) is 9.27. The SMILES string of the molecule is CCCCCCC(CCCCC)C1CCC(N)CC1. The Hall–Kier alpha value is -0.0400. The lowest BCUT2D eigenvalue weighted by molar-refractivity contribution is 0.204. The molecule has 0 saturated heterocycles. The van der Waals surface area contributed by atoms with Crippen molar-refractivity contribution in [2.24, 2.45) is 17.6 Å². The lowest BCUT2D eigenvalue weighted by Crippen LogP contribution is -2.29. The molecule has 0 bridgehead atoms. The zero-order valence-corrected chi connectivity index (χ0v) is 13.5. The van der Waals surface area contributed by atoms with Gasteiger partial charge < -0.3 is 5.73 Å². The van der Waals surface area contributed by atoms with Gasteiger partial charge in [0.15, 0.2) is 0 Å². The third kappa shape index (κ3) is 7.34. The van der Waals surface area contributed by atoms with Crippen molar-refractivity contribution in [1.82, 2.24) is 0 Å². The molecule has 1 aliphatic rings. The average Bonchev–Trinajstić information content (AvgIpc) is 2.43. The van der Waals surface area contributed by atoms with E-state index in [0.29, 0.717) is 6.04 Å². The summed E-state index contributed by atoms with van der Waals surface area (Å²) in [5.41, 5.74) is 6.06. The highest BCUT2D eigenvalue weighted by molar-refractivity contribution is 4.79. The van der Waals surface area contributed by atoms with Crippen molar-refractivity contribution in [3.05, 3.63) is 0 Å². The summed E-state index contributed by atoms with van der Waals surface area (Å²) >= 11 is 0. The molecule has 0 aromatic carbocycles. The summed E-state index contributed by atoms with van der Waals surface area (Å²) in [6, 6.07) is 0.507. The molecule has 0 heterocycles. The van der Waals surface area contributed by atoms with E-state index in [1.165, 1.54) is 83.5 Å². The van der Waals surface area contributed by atoms with Crippen LogP contribution in [0.5, 0.6) is 0 Å². The number of rotatable bonds is 10. The first kappa shape index (κ1) is 17.0. The molecule has 1 heteroatoms. The van der Waals surface area contributed by atoms with Crippen molar-refractivity contribution in [1.29, 1.82) is 0 Å². The van der Waals surface area contributed by atoms with Crippen LogP contribution < -0.4 is 5.73 Å². The van der Waals surface area contributed by atoms with Gasteiger partial charge in [-0.3, -0.25) is 0 Å². The highest BCUT2D eigenvalue weighted by Gasteiger charge is 2.25. The summed E-state index contributed by atoms with van der Waals surface area (Å²) in [5.74, 6) is 2.01. The minimum Gasteiger partial charge on any atom is -0.328 e. The monoisotopic (exact) mass is 267 g/mol. The van der Waals surface area contributed by atoms with Crippen LogP contribution in [0.25, 0.3) is 0 Å². The Kier molecular flexibility index (Phi) is 9.59. The van der Waals surface area contributed by atoms with E-state index in [2.05, 4.69) is 13.8 Å². The minimum atomic E-state index is 0.507. The summed E-state index contributed by atoms with van der Waals surface area (Å²) in [4.78, 5) is 0. The number of hydrogen-bond donors (Lipinski definition) is 1. The van der Waals surface area contributed by atoms with Gasteiger partial charge in [0.1, 0.15) is 0 Å². The van der Waals surface area contributed by atoms with Crippen LogP contribution in [0.1, 0.15) is 97.3 Å². The van der Waals surface area contributed by atoms with E-state index >= 15 is 0 Å². The van der Waals surface area contributed by atoms with Crippen LogP contribution in [-0.2, 0) is 0 Å². The molecular formula is C18H37N. The van der Waals surface area contributed by atoms with Gasteiger partial charge in [-0.2, -0.15) is 0 Å². The van der Waals surface area contributed by atoms with Crippen LogP contribution in [0.3, 0.4) is 0 Å². The molecule has 1 aliphatic carbocycles. The van der Waals surface area contributed by atoms with E-state index in [1.807, 2.05) is 0 Å². The van der Waals surface area contributed by atoms with Crippen LogP contribution in [0.4, 0.5) is 0 Å². The molecule has 1 atom stereocenters. The third-order valence-corrected chi connectivity index (χ3v) is 5.09. The van der Waals surface area contributed by atoms with Crippen molar-refractivity contribution < 1.29 is 0 Å². The predicted molar refractivity (Wildman–Crippen MR) is 86.3 cm³/mol. The fourth-order valence-electron chi connectivity index (χ4n) is 3.72. The smallest absolute Gasteiger partial charge is 0.00390 e. The Morgan fingerprint density at radius 3 is 1.89 bits per heavy atom. The van der Waals surface area contributed by atoms with Crippen molar-refractivity contribution in [3.63, 3.8) is 0 Å². The zero-order valence-electron chi connectivity index (χ0n) is 13.5. The van der Waals surface area contributed by atoms with Crippen LogP contribution in [0, 0.1) is 11.8 Å². The molecule has 0 aromatic heterocycles. The third-order valence-electron chi connectivity index (χ3n) is 5.09. The Morgan fingerprint density at radius 1 is 0.789 bits per heavy atom. The van der Waals surface area contributed by atoms with Crippen LogP contribution in [0.2, 0.25) is 0 Å². The average molecular weight is 268 g/mol. The quantitative estimate of drug-likeness (QED) is 0.507. The molecule has 114 valence electrons. The number of hydrogen-bond acceptors (Lipinski definition) is 1. The molecule has 0 amide bonds. The second-order valence-corrected chi connectivity index (χ2v) is 6.78. The second kappa shape index (κ2) is 10.7. The fraction of sp³-hybridized carbons (Fsp3) is 1.00. The van der Waals surface area contributed by atoms with Gasteiger partial charge in [0.05, 0.1) is 0 Å². The highest BCUT2D eigenvalue weighted by Crippen LogP contribution is 2.35. The summed E-state index contributed by atoms with van der Waals surface area (Å²) in [5, 5.41) is 0. The van der Waals surface area contributed by atoms with Gasteiger partial charge in [0.25, 0.3) is 0 Å². The first-order valence-electron chi connectivity index (χ1n) is 9.03. The summed E-state index contributed by atoms with van der Waals surface area (Å²) in [6.45, 7) is 4.62. The van der Waals surface area contributed by atoms with Gasteiger partial charge in [-0.25, -0.2) is 0 Å². The molecule has 0 radical (unpaired) electrons. The summed E-state index contributed by atoms with van der Waals surface area (Å²) in [6.07, 6.45) is 18.3. The normalized spacial score (nSPS) is 25.4. The minimum absolute atomic E-state index is 0.507. The van der Waals surface area contributed by atoms with E-state index in [-0.39, 0.29) is 0 Å². The maximum atomic E-state index is 6.06. The van der Waals surface area contributed by atoms with E-state index in [0.717, 1.165) is 11.8 Å². The van der Waals surface area contributed by atoms with E-state index in [1.54, 1.807) is 0 Å². The molecule has 19 heavy (non-hydrogen) atoms. The largest absolute Gasteiger partial charge is 0.328 e. The topological polar surface area (TPSA) is 26.0 Å². The highest BCUT2D eigenvalue weighted by atomic mass is 14.6. The van der Waals surface area contributed by atoms with Crippen LogP contribution in [-0.4, -0.2) is 6.04 Å². The van der Waals surface area contributed by atoms with E-state index < -0.39 is 0 Å². The molecule has 0 spiro atoms. The predicted octanol–water partition coefficient (Wildman–Crippen LogP) is 5.67. The lowest BCUT2D eigenvalue weighted by atomic mass is 9.74. The van der Waals surface area contributed by atoms with Crippen LogP contribution >= 0.6 is 0 Å². The molecule has 1 unspecified atom stereocenters. The van der Waals surface area contributed by atoms with Crippen molar-refractivity contribution in [2.75, 3.05) is 0 Å². The van der Waals surface area contributed by atoms with Gasteiger partial charge in [0, 0.05) is 6.04 Å². The first-order valence-corrected chi connectivity index (χ1v) is 9.03. The van der Waals surface area contributed by atoms with Gasteiger partial charge in [-0.1, -0.05) is 71.6 Å².